The van der Waals surface area contributed by atoms with Crippen LogP contribution in [0.5, 0.6) is 0 Å². The summed E-state index contributed by atoms with van der Waals surface area (Å²) in [5, 5.41) is 0. The quantitative estimate of drug-likeness (QED) is 0.675. The molecule has 1 aromatic rings. The van der Waals surface area contributed by atoms with Crippen molar-refractivity contribution in [3.8, 4) is 0 Å². The first-order valence-electron chi connectivity index (χ1n) is 6.78. The number of hydrogen-bond donors (Lipinski definition) is 0. The lowest BCUT2D eigenvalue weighted by Gasteiger charge is -2.31. The van der Waals surface area contributed by atoms with Crippen molar-refractivity contribution in [2.75, 3.05) is 0 Å². The van der Waals surface area contributed by atoms with Gasteiger partial charge in [0.15, 0.2) is 5.78 Å². The average Bonchev–Trinajstić information content (AvgIpc) is 2.65. The highest BCUT2D eigenvalue weighted by molar-refractivity contribution is 6.07. The monoisotopic (exact) mass is 240 g/mol. The van der Waals surface area contributed by atoms with Crippen molar-refractivity contribution in [1.29, 1.82) is 0 Å². The highest BCUT2D eigenvalue weighted by Gasteiger charge is 2.63. The summed E-state index contributed by atoms with van der Waals surface area (Å²) in [6.07, 6.45) is 4.32. The molecule has 0 saturated heterocycles. The minimum Gasteiger partial charge on any atom is -0.294 e. The van der Waals surface area contributed by atoms with E-state index in [1.165, 1.54) is 0 Å². The van der Waals surface area contributed by atoms with Crippen LogP contribution in [-0.4, -0.2) is 5.78 Å². The molecule has 2 aliphatic rings. The van der Waals surface area contributed by atoms with E-state index in [4.69, 9.17) is 0 Å². The molecule has 3 rings (SSSR count). The molecule has 94 valence electrons. The SMILES string of the molecule is CC1(C)[C@H]2CC[C@]1(C)C(=O)C2=Cc1ccccc1. The third kappa shape index (κ3) is 1.31. The Kier molecular flexibility index (Phi) is 2.32. The largest absolute Gasteiger partial charge is 0.294 e. The molecule has 1 aromatic carbocycles. The number of rotatable bonds is 1. The summed E-state index contributed by atoms with van der Waals surface area (Å²) in [7, 11) is 0. The van der Waals surface area contributed by atoms with E-state index in [-0.39, 0.29) is 10.8 Å². The van der Waals surface area contributed by atoms with Gasteiger partial charge in [0.05, 0.1) is 0 Å². The summed E-state index contributed by atoms with van der Waals surface area (Å²) in [4.78, 5) is 12.6. The number of benzene rings is 1. The number of carbonyl (C=O) groups is 1. The van der Waals surface area contributed by atoms with Gasteiger partial charge in [-0.15, -0.1) is 0 Å². The highest BCUT2D eigenvalue weighted by atomic mass is 16.1. The van der Waals surface area contributed by atoms with Crippen molar-refractivity contribution in [2.24, 2.45) is 16.7 Å². The zero-order valence-electron chi connectivity index (χ0n) is 11.4. The third-order valence-electron chi connectivity index (χ3n) is 5.49. The van der Waals surface area contributed by atoms with Crippen LogP contribution in [0.15, 0.2) is 35.9 Å². The van der Waals surface area contributed by atoms with Gasteiger partial charge in [0.25, 0.3) is 0 Å². The first-order chi connectivity index (χ1) is 8.47. The maximum atomic E-state index is 12.6. The molecule has 2 bridgehead atoms. The fourth-order valence-electron chi connectivity index (χ4n) is 3.82. The van der Waals surface area contributed by atoms with Gasteiger partial charge in [-0.25, -0.2) is 0 Å². The number of ketones is 1. The predicted molar refractivity (Wildman–Crippen MR) is 74.0 cm³/mol. The number of fused-ring (bicyclic) bond motifs is 2. The van der Waals surface area contributed by atoms with E-state index in [1.54, 1.807) is 0 Å². The maximum Gasteiger partial charge on any atom is 0.165 e. The Hall–Kier alpha value is -1.37. The second-order valence-electron chi connectivity index (χ2n) is 6.48. The van der Waals surface area contributed by atoms with E-state index in [2.05, 4.69) is 39.0 Å². The van der Waals surface area contributed by atoms with Crippen molar-refractivity contribution in [1.82, 2.24) is 0 Å². The fraction of sp³-hybridized carbons (Fsp3) is 0.471. The van der Waals surface area contributed by atoms with E-state index >= 15 is 0 Å². The van der Waals surface area contributed by atoms with E-state index in [0.29, 0.717) is 11.7 Å². The number of carbonyl (C=O) groups excluding carboxylic acids is 1. The molecular formula is C17H20O. The van der Waals surface area contributed by atoms with Crippen LogP contribution in [0.2, 0.25) is 0 Å². The van der Waals surface area contributed by atoms with Crippen molar-refractivity contribution in [3.05, 3.63) is 41.5 Å². The lowest BCUT2D eigenvalue weighted by atomic mass is 9.70. The first kappa shape index (κ1) is 11.7. The lowest BCUT2D eigenvalue weighted by Crippen LogP contribution is -2.32. The van der Waals surface area contributed by atoms with Gasteiger partial charge in [-0.3, -0.25) is 4.79 Å². The Balaban J connectivity index is 2.07. The van der Waals surface area contributed by atoms with Crippen molar-refractivity contribution >= 4 is 11.9 Å². The van der Waals surface area contributed by atoms with Crippen LogP contribution in [-0.2, 0) is 4.79 Å². The van der Waals surface area contributed by atoms with Gasteiger partial charge in [0, 0.05) is 5.41 Å². The molecule has 0 radical (unpaired) electrons. The molecule has 0 amide bonds. The highest BCUT2D eigenvalue weighted by Crippen LogP contribution is 2.65. The van der Waals surface area contributed by atoms with Crippen LogP contribution in [0.1, 0.15) is 39.2 Å². The molecule has 0 spiro atoms. The van der Waals surface area contributed by atoms with Crippen LogP contribution in [0.4, 0.5) is 0 Å². The van der Waals surface area contributed by atoms with Crippen LogP contribution in [0.3, 0.4) is 0 Å². The topological polar surface area (TPSA) is 17.1 Å². The van der Waals surface area contributed by atoms with Crippen LogP contribution < -0.4 is 0 Å². The average molecular weight is 240 g/mol. The van der Waals surface area contributed by atoms with Gasteiger partial charge in [0.1, 0.15) is 0 Å². The zero-order valence-corrected chi connectivity index (χ0v) is 11.4. The Morgan fingerprint density at radius 3 is 2.39 bits per heavy atom. The molecule has 0 N–H and O–H groups in total. The Morgan fingerprint density at radius 2 is 1.83 bits per heavy atom. The molecule has 0 aromatic heterocycles. The summed E-state index contributed by atoms with van der Waals surface area (Å²) in [5.74, 6) is 0.822. The normalized spacial score (nSPS) is 35.4. The molecule has 2 fully saturated rings. The van der Waals surface area contributed by atoms with E-state index < -0.39 is 0 Å². The number of Topliss-reactive ketones (excluding diaryl/α,β-unsaturated/α-hetero) is 1. The standard InChI is InChI=1S/C17H20O/c1-16(2)14-9-10-17(16,3)15(18)13(14)11-12-7-5-4-6-8-12/h4-8,11,14H,9-10H2,1-3H3/t14-,17+/m0/s1. The van der Waals surface area contributed by atoms with Crippen molar-refractivity contribution in [2.45, 2.75) is 33.6 Å². The molecular weight excluding hydrogens is 220 g/mol. The van der Waals surface area contributed by atoms with Crippen molar-refractivity contribution < 1.29 is 4.79 Å². The fourth-order valence-corrected chi connectivity index (χ4v) is 3.82. The van der Waals surface area contributed by atoms with Crippen LogP contribution in [0, 0.1) is 16.7 Å². The zero-order chi connectivity index (χ0) is 13.0. The van der Waals surface area contributed by atoms with Gasteiger partial charge >= 0.3 is 0 Å². The van der Waals surface area contributed by atoms with Crippen LogP contribution >= 0.6 is 0 Å². The smallest absolute Gasteiger partial charge is 0.165 e. The van der Waals surface area contributed by atoms with Gasteiger partial charge in [-0.05, 0) is 41.4 Å². The number of hydrogen-bond acceptors (Lipinski definition) is 1. The summed E-state index contributed by atoms with van der Waals surface area (Å²) in [5.41, 5.74) is 2.18. The minimum absolute atomic E-state index is 0.116. The van der Waals surface area contributed by atoms with E-state index in [1.807, 2.05) is 18.2 Å². The second-order valence-corrected chi connectivity index (χ2v) is 6.48. The summed E-state index contributed by atoms with van der Waals surface area (Å²) < 4.78 is 0. The second kappa shape index (κ2) is 3.57. The van der Waals surface area contributed by atoms with Gasteiger partial charge in [-0.2, -0.15) is 0 Å². The summed E-state index contributed by atoms with van der Waals surface area (Å²) in [6, 6.07) is 10.2. The minimum atomic E-state index is -0.141. The first-order valence-corrected chi connectivity index (χ1v) is 6.78. The summed E-state index contributed by atoms with van der Waals surface area (Å²) >= 11 is 0. The molecule has 0 heterocycles. The Bertz CT molecular complexity index is 524. The van der Waals surface area contributed by atoms with Crippen LogP contribution in [0.25, 0.3) is 6.08 Å². The molecule has 2 atom stereocenters. The van der Waals surface area contributed by atoms with Crippen molar-refractivity contribution in [3.63, 3.8) is 0 Å². The third-order valence-corrected chi connectivity index (χ3v) is 5.49. The van der Waals surface area contributed by atoms with Gasteiger partial charge < -0.3 is 0 Å². The lowest BCUT2D eigenvalue weighted by molar-refractivity contribution is -0.125. The van der Waals surface area contributed by atoms with E-state index in [0.717, 1.165) is 24.0 Å². The van der Waals surface area contributed by atoms with Gasteiger partial charge in [-0.1, -0.05) is 51.1 Å². The molecule has 0 aliphatic heterocycles. The Morgan fingerprint density at radius 1 is 1.17 bits per heavy atom. The molecule has 1 nitrogen and oxygen atoms in total. The maximum absolute atomic E-state index is 12.6. The van der Waals surface area contributed by atoms with Gasteiger partial charge in [0.2, 0.25) is 0 Å². The molecule has 0 unspecified atom stereocenters. The molecule has 18 heavy (non-hydrogen) atoms. The Labute approximate surface area is 109 Å². The molecule has 1 heteroatoms. The molecule has 2 saturated carbocycles. The predicted octanol–water partition coefficient (Wildman–Crippen LogP) is 4.10. The number of allylic oxidation sites excluding steroid dienone is 1. The van der Waals surface area contributed by atoms with E-state index in [9.17, 15) is 4.79 Å². The molecule has 2 aliphatic carbocycles. The summed E-state index contributed by atoms with van der Waals surface area (Å²) in [6.45, 7) is 6.67.